The third-order valence-corrected chi connectivity index (χ3v) is 8.34. The summed E-state index contributed by atoms with van der Waals surface area (Å²) in [5.74, 6) is -1.88. The minimum atomic E-state index is -4.92. The summed E-state index contributed by atoms with van der Waals surface area (Å²) in [6, 6.07) is 14.8. The molecule has 1 aliphatic rings. The molecule has 0 radical (unpaired) electrons. The van der Waals surface area contributed by atoms with Gasteiger partial charge in [0, 0.05) is 19.6 Å². The zero-order chi connectivity index (χ0) is 28.0. The Balaban J connectivity index is 1.80. The third-order valence-electron chi connectivity index (χ3n) is 6.53. The molecule has 0 saturated carbocycles. The maximum absolute atomic E-state index is 16.3. The maximum Gasteiger partial charge on any atom is 0.379 e. The van der Waals surface area contributed by atoms with E-state index >= 15 is 8.78 Å². The van der Waals surface area contributed by atoms with E-state index < -0.39 is 57.9 Å². The fraction of sp³-hybridized carbons (Fsp3) is 0.286. The van der Waals surface area contributed by atoms with Gasteiger partial charge in [-0.25, -0.2) is 8.42 Å². The second-order valence-corrected chi connectivity index (χ2v) is 11.0. The number of alkyl halides is 2. The summed E-state index contributed by atoms with van der Waals surface area (Å²) in [5, 5.41) is 12.3. The van der Waals surface area contributed by atoms with Crippen LogP contribution in [0.15, 0.2) is 95.9 Å². The number of amides is 1. The average Bonchev–Trinajstić information content (AvgIpc) is 3.46. The zero-order valence-electron chi connectivity index (χ0n) is 20.9. The summed E-state index contributed by atoms with van der Waals surface area (Å²) in [6.45, 7) is -0.750. The van der Waals surface area contributed by atoms with Gasteiger partial charge in [-0.3, -0.25) is 4.79 Å². The van der Waals surface area contributed by atoms with Gasteiger partial charge in [0.25, 0.3) is 0 Å². The first-order valence-electron chi connectivity index (χ1n) is 12.3. The Morgan fingerprint density at radius 2 is 1.46 bits per heavy atom. The normalized spacial score (nSPS) is 16.6. The smallest absolute Gasteiger partial charge is 0.379 e. The van der Waals surface area contributed by atoms with Crippen LogP contribution in [-0.2, 0) is 32.5 Å². The predicted molar refractivity (Wildman–Crippen MR) is 136 cm³/mol. The molecule has 4 rings (SSSR count). The van der Waals surface area contributed by atoms with Crippen LogP contribution in [0.25, 0.3) is 0 Å². The molecule has 1 fully saturated rings. The quantitative estimate of drug-likeness (QED) is 0.336. The number of Topliss-reactive ketones (excluding diaryl/α,β-unsaturated/α-hetero) is 1. The molecule has 8 nitrogen and oxygen atoms in total. The van der Waals surface area contributed by atoms with Gasteiger partial charge in [-0.05, 0) is 29.7 Å². The molecule has 39 heavy (non-hydrogen) atoms. The second kappa shape index (κ2) is 12.0. The van der Waals surface area contributed by atoms with E-state index in [1.54, 1.807) is 48.5 Å². The second-order valence-electron chi connectivity index (χ2n) is 9.11. The number of benzene rings is 3. The van der Waals surface area contributed by atoms with Gasteiger partial charge in [0.2, 0.25) is 15.8 Å². The van der Waals surface area contributed by atoms with Crippen LogP contribution in [0.5, 0.6) is 0 Å². The first-order chi connectivity index (χ1) is 18.6. The predicted octanol–water partition coefficient (Wildman–Crippen LogP) is 3.08. The SMILES string of the molecule is O=C([O-])N([C@H]1CCOC1)[C@@H](Cc1ccccc1)C(=O)C(F)(F)N(Cc1ccccc1)S(=O)(=O)c1ccccc1. The summed E-state index contributed by atoms with van der Waals surface area (Å²) in [5.41, 5.74) is 0.627. The molecule has 0 aromatic heterocycles. The topological polar surface area (TPSA) is 107 Å². The van der Waals surface area contributed by atoms with E-state index in [2.05, 4.69) is 0 Å². The van der Waals surface area contributed by atoms with Crippen molar-refractivity contribution >= 4 is 21.9 Å². The lowest BCUT2D eigenvalue weighted by molar-refractivity contribution is -0.271. The Morgan fingerprint density at radius 1 is 0.923 bits per heavy atom. The molecule has 0 N–H and O–H groups in total. The van der Waals surface area contributed by atoms with Crippen molar-refractivity contribution in [3.8, 4) is 0 Å². The van der Waals surface area contributed by atoms with Gasteiger partial charge in [0.05, 0.1) is 17.5 Å². The minimum Gasteiger partial charge on any atom is -0.530 e. The lowest BCUT2D eigenvalue weighted by Gasteiger charge is -2.40. The van der Waals surface area contributed by atoms with Crippen LogP contribution in [0.3, 0.4) is 0 Å². The molecule has 0 bridgehead atoms. The van der Waals surface area contributed by atoms with E-state index in [9.17, 15) is 23.1 Å². The maximum atomic E-state index is 16.3. The number of sulfonamides is 1. The molecule has 1 saturated heterocycles. The highest BCUT2D eigenvalue weighted by atomic mass is 32.2. The number of hydrogen-bond donors (Lipinski definition) is 0. The number of ether oxygens (including phenoxy) is 1. The molecule has 3 aromatic rings. The Hall–Kier alpha value is -3.67. The van der Waals surface area contributed by atoms with Crippen LogP contribution in [0.1, 0.15) is 17.5 Å². The first-order valence-corrected chi connectivity index (χ1v) is 13.7. The zero-order valence-corrected chi connectivity index (χ0v) is 21.7. The molecule has 2 atom stereocenters. The van der Waals surface area contributed by atoms with Gasteiger partial charge >= 0.3 is 6.05 Å². The van der Waals surface area contributed by atoms with E-state index in [-0.39, 0.29) is 29.5 Å². The van der Waals surface area contributed by atoms with Crippen molar-refractivity contribution < 1.29 is 36.6 Å². The van der Waals surface area contributed by atoms with Crippen LogP contribution in [0.2, 0.25) is 0 Å². The van der Waals surface area contributed by atoms with Crippen LogP contribution in [0.4, 0.5) is 13.6 Å². The third kappa shape index (κ3) is 6.32. The number of hydrogen-bond acceptors (Lipinski definition) is 6. The van der Waals surface area contributed by atoms with Gasteiger partial charge in [0.1, 0.15) is 12.1 Å². The number of nitrogens with zero attached hydrogens (tertiary/aromatic N) is 2. The largest absolute Gasteiger partial charge is 0.530 e. The molecule has 1 amide bonds. The van der Waals surface area contributed by atoms with Crippen molar-refractivity contribution in [2.24, 2.45) is 0 Å². The fourth-order valence-electron chi connectivity index (χ4n) is 4.55. The lowest BCUT2D eigenvalue weighted by atomic mass is 9.97. The van der Waals surface area contributed by atoms with Crippen molar-refractivity contribution in [3.05, 3.63) is 102 Å². The Morgan fingerprint density at radius 3 is 1.97 bits per heavy atom. The van der Waals surface area contributed by atoms with Crippen molar-refractivity contribution in [1.82, 2.24) is 9.21 Å². The lowest BCUT2D eigenvalue weighted by Crippen LogP contribution is -2.62. The summed E-state index contributed by atoms with van der Waals surface area (Å²) in [6.07, 6.45) is -2.06. The molecule has 3 aromatic carbocycles. The number of halogens is 2. The number of rotatable bonds is 11. The Kier molecular flexibility index (Phi) is 8.73. The first kappa shape index (κ1) is 28.3. The number of carbonyl (C=O) groups excluding carboxylic acids is 2. The Labute approximate surface area is 225 Å². The molecule has 1 aliphatic heterocycles. The molecular formula is C28H27F2N2O6S-. The molecule has 11 heteroatoms. The summed E-state index contributed by atoms with van der Waals surface area (Å²) < 4.78 is 64.9. The van der Waals surface area contributed by atoms with Crippen LogP contribution in [-0.4, -0.2) is 60.8 Å². The van der Waals surface area contributed by atoms with Gasteiger partial charge in [-0.15, -0.1) is 4.31 Å². The van der Waals surface area contributed by atoms with Crippen LogP contribution < -0.4 is 5.11 Å². The number of ketones is 1. The van der Waals surface area contributed by atoms with Crippen molar-refractivity contribution in [1.29, 1.82) is 0 Å². The minimum absolute atomic E-state index is 0.103. The van der Waals surface area contributed by atoms with Gasteiger partial charge < -0.3 is 19.5 Å². The fourth-order valence-corrected chi connectivity index (χ4v) is 6.02. The van der Waals surface area contributed by atoms with Gasteiger partial charge in [-0.2, -0.15) is 8.78 Å². The van der Waals surface area contributed by atoms with E-state index in [0.29, 0.717) is 10.5 Å². The van der Waals surface area contributed by atoms with Crippen molar-refractivity contribution in [2.75, 3.05) is 13.2 Å². The standard InChI is InChI=1S/C28H28F2N2O6S/c29-28(30,31(19-22-12-6-2-7-13-22)39(36,37)24-14-8-3-9-15-24)26(33)25(18-21-10-4-1-5-11-21)32(27(34)35)23-16-17-38-20-23/h1-15,23,25H,16-20H2,(H,34,35)/p-1/t23-,25-/m0/s1. The van der Waals surface area contributed by atoms with Crippen molar-refractivity contribution in [3.63, 3.8) is 0 Å². The molecule has 0 aliphatic carbocycles. The molecular weight excluding hydrogens is 530 g/mol. The van der Waals surface area contributed by atoms with Crippen molar-refractivity contribution in [2.45, 2.75) is 42.4 Å². The van der Waals surface area contributed by atoms with E-state index in [1.807, 2.05) is 0 Å². The van der Waals surface area contributed by atoms with Crippen LogP contribution in [0, 0.1) is 0 Å². The number of carboxylic acid groups (broad SMARTS) is 1. The highest BCUT2D eigenvalue weighted by molar-refractivity contribution is 7.89. The van der Waals surface area contributed by atoms with Gasteiger partial charge in [0.15, 0.2) is 0 Å². The van der Waals surface area contributed by atoms with E-state index in [4.69, 9.17) is 4.74 Å². The van der Waals surface area contributed by atoms with Crippen LogP contribution >= 0.6 is 0 Å². The Bertz CT molecular complexity index is 1370. The summed E-state index contributed by atoms with van der Waals surface area (Å²) >= 11 is 0. The molecule has 0 unspecified atom stereocenters. The molecule has 206 valence electrons. The van der Waals surface area contributed by atoms with E-state index in [1.165, 1.54) is 30.3 Å². The molecule has 0 spiro atoms. The van der Waals surface area contributed by atoms with Gasteiger partial charge in [-0.1, -0.05) is 78.9 Å². The summed E-state index contributed by atoms with van der Waals surface area (Å²) in [4.78, 5) is 26.2. The number of carbonyl (C=O) groups is 2. The highest BCUT2D eigenvalue weighted by Crippen LogP contribution is 2.34. The average molecular weight is 558 g/mol. The summed E-state index contributed by atoms with van der Waals surface area (Å²) in [7, 11) is -4.92. The van der Waals surface area contributed by atoms with E-state index in [0.717, 1.165) is 12.1 Å². The highest BCUT2D eigenvalue weighted by Gasteiger charge is 2.55. The monoisotopic (exact) mass is 557 g/mol. The molecule has 1 heterocycles.